The molecule has 2 aromatic rings. The van der Waals surface area contributed by atoms with Crippen molar-refractivity contribution in [2.24, 2.45) is 4.99 Å². The fourth-order valence-corrected chi connectivity index (χ4v) is 3.06. The molecule has 3 heterocycles. The lowest BCUT2D eigenvalue weighted by molar-refractivity contribution is 0.0994. The number of aromatic nitrogens is 1. The Morgan fingerprint density at radius 3 is 2.86 bits per heavy atom. The number of hydrogen-bond donors (Lipinski definition) is 1. The van der Waals surface area contributed by atoms with E-state index in [4.69, 9.17) is 4.52 Å². The second-order valence-electron chi connectivity index (χ2n) is 5.55. The molecule has 0 saturated carbocycles. The Kier molecular flexibility index (Phi) is 2.93. The molecule has 0 radical (unpaired) electrons. The maximum absolute atomic E-state index is 12.2. The van der Waals surface area contributed by atoms with Crippen LogP contribution in [0.4, 0.5) is 0 Å². The van der Waals surface area contributed by atoms with Crippen LogP contribution in [-0.4, -0.2) is 28.9 Å². The number of hydrogen-bond acceptors (Lipinski definition) is 4. The van der Waals surface area contributed by atoms with E-state index >= 15 is 0 Å². The van der Waals surface area contributed by atoms with E-state index in [9.17, 15) is 4.79 Å². The number of carbonyl (C=O) groups is 1. The first-order chi connectivity index (χ1) is 10.3. The Morgan fingerprint density at radius 2 is 2.14 bits per heavy atom. The van der Waals surface area contributed by atoms with Crippen LogP contribution in [0.5, 0.6) is 0 Å². The van der Waals surface area contributed by atoms with Gasteiger partial charge in [-0.25, -0.2) is 4.99 Å². The van der Waals surface area contributed by atoms with Gasteiger partial charge in [0.25, 0.3) is 5.91 Å². The minimum absolute atomic E-state index is 0.268. The Labute approximate surface area is 122 Å². The predicted molar refractivity (Wildman–Crippen MR) is 78.3 cm³/mol. The van der Waals surface area contributed by atoms with E-state index in [2.05, 4.69) is 15.5 Å². The minimum Gasteiger partial charge on any atom is -0.355 e. The Hall–Kier alpha value is -2.27. The smallest absolute Gasteiger partial charge is 0.299 e. The molecule has 1 amide bonds. The molecule has 1 N–H and O–H groups in total. The molecule has 4 rings (SSSR count). The number of benzene rings is 1. The van der Waals surface area contributed by atoms with Gasteiger partial charge in [0, 0.05) is 35.8 Å². The normalized spacial score (nSPS) is 25.6. The molecule has 5 heteroatoms. The zero-order valence-corrected chi connectivity index (χ0v) is 11.5. The summed E-state index contributed by atoms with van der Waals surface area (Å²) < 4.78 is 5.24. The summed E-state index contributed by atoms with van der Waals surface area (Å²) in [6.45, 7) is 0. The zero-order chi connectivity index (χ0) is 14.2. The molecule has 0 spiro atoms. The van der Waals surface area contributed by atoms with Crippen molar-refractivity contribution in [3.05, 3.63) is 42.1 Å². The molecule has 2 fully saturated rings. The van der Waals surface area contributed by atoms with Gasteiger partial charge in [-0.1, -0.05) is 35.5 Å². The predicted octanol–water partition coefficient (Wildman–Crippen LogP) is 2.45. The van der Waals surface area contributed by atoms with Crippen molar-refractivity contribution >= 4 is 11.6 Å². The minimum atomic E-state index is -0.315. The maximum Gasteiger partial charge on any atom is 0.299 e. The number of aliphatic imine (C=N–C) groups is 1. The monoisotopic (exact) mass is 281 g/mol. The van der Waals surface area contributed by atoms with Gasteiger partial charge >= 0.3 is 0 Å². The standard InChI is InChI=1S/C16H15N3O2/c20-16(18-13-8-11-6-7-12(13)17-11)14-9-15(21-19-14)10-4-2-1-3-5-10/h1-5,9,11-12,17H,6-8H2. The van der Waals surface area contributed by atoms with Gasteiger partial charge in [0.05, 0.1) is 0 Å². The maximum atomic E-state index is 12.2. The molecular formula is C16H15N3O2. The molecule has 2 aliphatic heterocycles. The molecule has 2 bridgehead atoms. The molecule has 2 unspecified atom stereocenters. The summed E-state index contributed by atoms with van der Waals surface area (Å²) in [7, 11) is 0. The first kappa shape index (κ1) is 12.5. The van der Waals surface area contributed by atoms with E-state index in [-0.39, 0.29) is 17.6 Å². The number of fused-ring (bicyclic) bond motifs is 2. The number of nitrogens with one attached hydrogen (secondary N) is 1. The molecular weight excluding hydrogens is 266 g/mol. The summed E-state index contributed by atoms with van der Waals surface area (Å²) in [5.41, 5.74) is 2.13. The van der Waals surface area contributed by atoms with Crippen molar-refractivity contribution in [3.8, 4) is 11.3 Å². The van der Waals surface area contributed by atoms with E-state index in [1.54, 1.807) is 6.07 Å². The van der Waals surface area contributed by atoms with Crippen LogP contribution in [0.2, 0.25) is 0 Å². The average molecular weight is 281 g/mol. The fraction of sp³-hybridized carbons (Fsp3) is 0.312. The van der Waals surface area contributed by atoms with Crippen LogP contribution in [0.15, 0.2) is 45.9 Å². The number of nitrogens with zero attached hydrogens (tertiary/aromatic N) is 2. The number of rotatable bonds is 2. The topological polar surface area (TPSA) is 67.5 Å². The molecule has 21 heavy (non-hydrogen) atoms. The van der Waals surface area contributed by atoms with Crippen LogP contribution in [0.3, 0.4) is 0 Å². The lowest BCUT2D eigenvalue weighted by Gasteiger charge is -2.08. The quantitative estimate of drug-likeness (QED) is 0.918. The number of carbonyl (C=O) groups excluding carboxylic acids is 1. The molecule has 2 saturated heterocycles. The van der Waals surface area contributed by atoms with Gasteiger partial charge in [-0.05, 0) is 12.8 Å². The Balaban J connectivity index is 1.56. The van der Waals surface area contributed by atoms with Gasteiger partial charge in [-0.3, -0.25) is 4.79 Å². The van der Waals surface area contributed by atoms with Crippen molar-refractivity contribution in [3.63, 3.8) is 0 Å². The summed E-state index contributed by atoms with van der Waals surface area (Å²) in [4.78, 5) is 16.4. The van der Waals surface area contributed by atoms with Crippen molar-refractivity contribution in [1.82, 2.24) is 10.5 Å². The van der Waals surface area contributed by atoms with E-state index in [0.29, 0.717) is 11.8 Å². The van der Waals surface area contributed by atoms with Gasteiger partial charge in [-0.2, -0.15) is 0 Å². The summed E-state index contributed by atoms with van der Waals surface area (Å²) >= 11 is 0. The van der Waals surface area contributed by atoms with Gasteiger partial charge in [0.15, 0.2) is 11.5 Å². The van der Waals surface area contributed by atoms with Crippen molar-refractivity contribution in [2.75, 3.05) is 0 Å². The van der Waals surface area contributed by atoms with Crippen molar-refractivity contribution in [2.45, 2.75) is 31.3 Å². The van der Waals surface area contributed by atoms with Crippen LogP contribution in [0.1, 0.15) is 29.8 Å². The van der Waals surface area contributed by atoms with E-state index in [1.165, 1.54) is 6.42 Å². The first-order valence-corrected chi connectivity index (χ1v) is 7.19. The second kappa shape index (κ2) is 4.93. The molecule has 2 atom stereocenters. The highest BCUT2D eigenvalue weighted by Gasteiger charge is 2.36. The van der Waals surface area contributed by atoms with Crippen LogP contribution < -0.4 is 5.32 Å². The first-order valence-electron chi connectivity index (χ1n) is 7.19. The third-order valence-corrected chi connectivity index (χ3v) is 4.13. The van der Waals surface area contributed by atoms with Gasteiger partial charge in [0.2, 0.25) is 0 Å². The van der Waals surface area contributed by atoms with Crippen molar-refractivity contribution in [1.29, 1.82) is 0 Å². The van der Waals surface area contributed by atoms with Crippen LogP contribution in [-0.2, 0) is 0 Å². The highest BCUT2D eigenvalue weighted by Crippen LogP contribution is 2.26. The number of amides is 1. The average Bonchev–Trinajstić information content (AvgIpc) is 3.24. The summed E-state index contributed by atoms with van der Waals surface area (Å²) in [6.07, 6.45) is 3.13. The van der Waals surface area contributed by atoms with E-state index < -0.39 is 0 Å². The lowest BCUT2D eigenvalue weighted by atomic mass is 9.98. The Morgan fingerprint density at radius 1 is 1.29 bits per heavy atom. The van der Waals surface area contributed by atoms with E-state index in [1.807, 2.05) is 30.3 Å². The fourth-order valence-electron chi connectivity index (χ4n) is 3.06. The zero-order valence-electron chi connectivity index (χ0n) is 11.5. The highest BCUT2D eigenvalue weighted by molar-refractivity contribution is 6.06. The SMILES string of the molecule is O=C(N=C1CC2CCC1N2)c1cc(-c2ccccc2)on1. The van der Waals surface area contributed by atoms with Gasteiger partial charge < -0.3 is 9.84 Å². The third kappa shape index (κ3) is 2.29. The molecule has 5 nitrogen and oxygen atoms in total. The second-order valence-corrected chi connectivity index (χ2v) is 5.55. The van der Waals surface area contributed by atoms with Crippen LogP contribution in [0, 0.1) is 0 Å². The van der Waals surface area contributed by atoms with Gasteiger partial charge in [0.1, 0.15) is 0 Å². The molecule has 1 aromatic heterocycles. The van der Waals surface area contributed by atoms with Crippen LogP contribution >= 0.6 is 0 Å². The largest absolute Gasteiger partial charge is 0.355 e. The Bertz CT molecular complexity index is 705. The molecule has 1 aromatic carbocycles. The summed E-state index contributed by atoms with van der Waals surface area (Å²) in [5, 5.41) is 7.28. The summed E-state index contributed by atoms with van der Waals surface area (Å²) in [6, 6.07) is 12.0. The molecule has 0 aliphatic carbocycles. The highest BCUT2D eigenvalue weighted by atomic mass is 16.5. The molecule has 106 valence electrons. The third-order valence-electron chi connectivity index (χ3n) is 4.13. The van der Waals surface area contributed by atoms with Crippen LogP contribution in [0.25, 0.3) is 11.3 Å². The summed E-state index contributed by atoms with van der Waals surface area (Å²) in [5.74, 6) is 0.274. The van der Waals surface area contributed by atoms with Gasteiger partial charge in [-0.15, -0.1) is 0 Å². The molecule has 2 aliphatic rings. The lowest BCUT2D eigenvalue weighted by Crippen LogP contribution is -2.23. The van der Waals surface area contributed by atoms with Crippen molar-refractivity contribution < 1.29 is 9.32 Å². The van der Waals surface area contributed by atoms with E-state index in [0.717, 1.165) is 24.1 Å².